The van der Waals surface area contributed by atoms with Crippen molar-refractivity contribution < 1.29 is 19.4 Å². The summed E-state index contributed by atoms with van der Waals surface area (Å²) in [6.07, 6.45) is 0.865. The number of benzene rings is 2. The number of ether oxygens (including phenoxy) is 2. The number of aromatic carboxylic acids is 1. The lowest BCUT2D eigenvalue weighted by Crippen LogP contribution is -2.19. The Hall–Kier alpha value is -2.69. The summed E-state index contributed by atoms with van der Waals surface area (Å²) in [6, 6.07) is 11.2. The van der Waals surface area contributed by atoms with Gasteiger partial charge in [-0.3, -0.25) is 0 Å². The van der Waals surface area contributed by atoms with E-state index in [0.717, 1.165) is 36.3 Å². The van der Waals surface area contributed by atoms with Gasteiger partial charge in [0.25, 0.3) is 0 Å². The molecule has 2 aromatic rings. The largest absolute Gasteiger partial charge is 0.493 e. The first-order valence-corrected chi connectivity index (χ1v) is 7.44. The third kappa shape index (κ3) is 2.95. The molecule has 0 fully saturated rings. The van der Waals surface area contributed by atoms with E-state index in [2.05, 4.69) is 4.90 Å². The summed E-state index contributed by atoms with van der Waals surface area (Å²) in [5, 5.41) is 9.08. The fraction of sp³-hybridized carbons (Fsp3) is 0.278. The lowest BCUT2D eigenvalue weighted by molar-refractivity contribution is 0.0697. The molecule has 120 valence electrons. The smallest absolute Gasteiger partial charge is 0.335 e. The van der Waals surface area contributed by atoms with Gasteiger partial charge in [0.15, 0.2) is 11.5 Å². The quantitative estimate of drug-likeness (QED) is 0.919. The first-order chi connectivity index (χ1) is 11.1. The number of hydrogen-bond acceptors (Lipinski definition) is 4. The molecule has 1 heterocycles. The van der Waals surface area contributed by atoms with Gasteiger partial charge >= 0.3 is 5.97 Å². The van der Waals surface area contributed by atoms with Gasteiger partial charge in [-0.15, -0.1) is 0 Å². The third-order valence-corrected chi connectivity index (χ3v) is 4.14. The average molecular weight is 313 g/mol. The van der Waals surface area contributed by atoms with Crippen molar-refractivity contribution >= 4 is 11.7 Å². The maximum atomic E-state index is 11.1. The van der Waals surface area contributed by atoms with Gasteiger partial charge in [0.1, 0.15) is 0 Å². The van der Waals surface area contributed by atoms with Gasteiger partial charge in [0.2, 0.25) is 0 Å². The minimum atomic E-state index is -0.883. The highest BCUT2D eigenvalue weighted by Crippen LogP contribution is 2.32. The molecule has 23 heavy (non-hydrogen) atoms. The van der Waals surface area contributed by atoms with E-state index in [1.54, 1.807) is 26.4 Å². The molecule has 2 aromatic carbocycles. The van der Waals surface area contributed by atoms with Crippen LogP contribution >= 0.6 is 0 Å². The van der Waals surface area contributed by atoms with Crippen LogP contribution < -0.4 is 14.4 Å². The summed E-state index contributed by atoms with van der Waals surface area (Å²) in [6.45, 7) is 1.63. The molecule has 0 atom stereocenters. The monoisotopic (exact) mass is 313 g/mol. The molecule has 5 nitrogen and oxygen atoms in total. The first-order valence-electron chi connectivity index (χ1n) is 7.44. The van der Waals surface area contributed by atoms with Crippen LogP contribution in [0.25, 0.3) is 0 Å². The molecule has 0 bridgehead atoms. The van der Waals surface area contributed by atoms with Crippen LogP contribution in [-0.4, -0.2) is 31.8 Å². The topological polar surface area (TPSA) is 59.0 Å². The SMILES string of the molecule is COc1ccc(CN2CCc3cc(C(=O)O)ccc32)cc1OC. The van der Waals surface area contributed by atoms with Crippen molar-refractivity contribution in [3.8, 4) is 11.5 Å². The lowest BCUT2D eigenvalue weighted by atomic mass is 10.1. The Morgan fingerprint density at radius 3 is 2.61 bits per heavy atom. The number of carboxylic acid groups (broad SMARTS) is 1. The second-order valence-corrected chi connectivity index (χ2v) is 5.51. The molecular weight excluding hydrogens is 294 g/mol. The molecule has 0 saturated heterocycles. The highest BCUT2D eigenvalue weighted by atomic mass is 16.5. The summed E-state index contributed by atoms with van der Waals surface area (Å²) >= 11 is 0. The van der Waals surface area contributed by atoms with Crippen molar-refractivity contribution in [2.24, 2.45) is 0 Å². The molecule has 0 saturated carbocycles. The van der Waals surface area contributed by atoms with E-state index in [1.807, 2.05) is 24.3 Å². The molecular formula is C18H19NO4. The fourth-order valence-corrected chi connectivity index (χ4v) is 2.97. The first kappa shape index (κ1) is 15.2. The number of methoxy groups -OCH3 is 2. The molecule has 5 heteroatoms. The van der Waals surface area contributed by atoms with Crippen molar-refractivity contribution in [2.75, 3.05) is 25.7 Å². The average Bonchev–Trinajstić information content (AvgIpc) is 2.96. The molecule has 3 rings (SSSR count). The summed E-state index contributed by atoms with van der Waals surface area (Å²) in [7, 11) is 3.24. The molecule has 1 N–H and O–H groups in total. The Kier molecular flexibility index (Phi) is 4.10. The minimum Gasteiger partial charge on any atom is -0.493 e. The number of nitrogens with zero attached hydrogens (tertiary/aromatic N) is 1. The standard InChI is InChI=1S/C18H19NO4/c1-22-16-6-3-12(9-17(16)23-2)11-19-8-7-13-10-14(18(20)21)4-5-15(13)19/h3-6,9-10H,7-8,11H2,1-2H3,(H,20,21). The molecule has 0 aromatic heterocycles. The van der Waals surface area contributed by atoms with Gasteiger partial charge in [0.05, 0.1) is 19.8 Å². The molecule has 1 aliphatic rings. The highest BCUT2D eigenvalue weighted by Gasteiger charge is 2.21. The molecule has 0 unspecified atom stereocenters. The normalized spacial score (nSPS) is 12.9. The van der Waals surface area contributed by atoms with Crippen molar-refractivity contribution in [3.05, 3.63) is 53.1 Å². The van der Waals surface area contributed by atoms with Gasteiger partial charge in [-0.2, -0.15) is 0 Å². The second kappa shape index (κ2) is 6.20. The summed E-state index contributed by atoms with van der Waals surface area (Å²) in [4.78, 5) is 13.3. The van der Waals surface area contributed by atoms with E-state index in [0.29, 0.717) is 17.1 Å². The van der Waals surface area contributed by atoms with Crippen LogP contribution in [0.4, 0.5) is 5.69 Å². The number of rotatable bonds is 5. The molecule has 0 aliphatic carbocycles. The lowest BCUT2D eigenvalue weighted by Gasteiger charge is -2.20. The molecule has 1 aliphatic heterocycles. The Labute approximate surface area is 135 Å². The Bertz CT molecular complexity index is 742. The van der Waals surface area contributed by atoms with E-state index >= 15 is 0 Å². The second-order valence-electron chi connectivity index (χ2n) is 5.51. The van der Waals surface area contributed by atoms with E-state index in [1.165, 1.54) is 0 Å². The van der Waals surface area contributed by atoms with Crippen molar-refractivity contribution in [1.82, 2.24) is 0 Å². The van der Waals surface area contributed by atoms with E-state index < -0.39 is 5.97 Å². The van der Waals surface area contributed by atoms with Gasteiger partial charge in [0, 0.05) is 18.8 Å². The summed E-state index contributed by atoms with van der Waals surface area (Å²) in [5.74, 6) is 0.543. The van der Waals surface area contributed by atoms with E-state index in [9.17, 15) is 4.79 Å². The predicted octanol–water partition coefficient (Wildman–Crippen LogP) is 2.96. The van der Waals surface area contributed by atoms with E-state index in [-0.39, 0.29) is 0 Å². The zero-order valence-corrected chi connectivity index (χ0v) is 13.2. The maximum absolute atomic E-state index is 11.1. The van der Waals surface area contributed by atoms with Crippen LogP contribution in [0.3, 0.4) is 0 Å². The Balaban J connectivity index is 1.82. The third-order valence-electron chi connectivity index (χ3n) is 4.14. The maximum Gasteiger partial charge on any atom is 0.335 e. The number of hydrogen-bond donors (Lipinski definition) is 1. The number of carbonyl (C=O) groups is 1. The zero-order chi connectivity index (χ0) is 16.4. The van der Waals surface area contributed by atoms with Gasteiger partial charge < -0.3 is 19.5 Å². The van der Waals surface area contributed by atoms with E-state index in [4.69, 9.17) is 14.6 Å². The van der Waals surface area contributed by atoms with Crippen LogP contribution in [-0.2, 0) is 13.0 Å². The molecule has 0 radical (unpaired) electrons. The van der Waals surface area contributed by atoms with Gasteiger partial charge in [-0.1, -0.05) is 6.07 Å². The summed E-state index contributed by atoms with van der Waals surface area (Å²) < 4.78 is 10.6. The highest BCUT2D eigenvalue weighted by molar-refractivity contribution is 5.88. The van der Waals surface area contributed by atoms with Gasteiger partial charge in [-0.25, -0.2) is 4.79 Å². The predicted molar refractivity (Wildman–Crippen MR) is 87.7 cm³/mol. The van der Waals surface area contributed by atoms with Crippen LogP contribution in [0.5, 0.6) is 11.5 Å². The van der Waals surface area contributed by atoms with Gasteiger partial charge in [-0.05, 0) is 47.9 Å². The van der Waals surface area contributed by atoms with Crippen LogP contribution in [0, 0.1) is 0 Å². The van der Waals surface area contributed by atoms with Crippen molar-refractivity contribution in [2.45, 2.75) is 13.0 Å². The fourth-order valence-electron chi connectivity index (χ4n) is 2.97. The zero-order valence-electron chi connectivity index (χ0n) is 13.2. The molecule has 0 spiro atoms. The van der Waals surface area contributed by atoms with Crippen LogP contribution in [0.1, 0.15) is 21.5 Å². The van der Waals surface area contributed by atoms with Crippen molar-refractivity contribution in [3.63, 3.8) is 0 Å². The Morgan fingerprint density at radius 2 is 1.91 bits per heavy atom. The number of anilines is 1. The minimum absolute atomic E-state index is 0.344. The van der Waals surface area contributed by atoms with Crippen molar-refractivity contribution in [1.29, 1.82) is 0 Å². The summed E-state index contributed by atoms with van der Waals surface area (Å²) in [5.41, 5.74) is 3.66. The van der Waals surface area contributed by atoms with Crippen LogP contribution in [0.2, 0.25) is 0 Å². The number of carboxylic acids is 1. The number of fused-ring (bicyclic) bond motifs is 1. The molecule has 0 amide bonds. The van der Waals surface area contributed by atoms with Crippen LogP contribution in [0.15, 0.2) is 36.4 Å². The Morgan fingerprint density at radius 1 is 1.13 bits per heavy atom.